The summed E-state index contributed by atoms with van der Waals surface area (Å²) >= 11 is 1.60. The molecular weight excluding hydrogens is 296 g/mol. The average Bonchev–Trinajstić information content (AvgIpc) is 3.17. The molecule has 6 heteroatoms. The lowest BCUT2D eigenvalue weighted by Crippen LogP contribution is -2.23. The summed E-state index contributed by atoms with van der Waals surface area (Å²) in [7, 11) is 0. The number of thiophene rings is 1. The molecule has 0 saturated carbocycles. The van der Waals surface area contributed by atoms with E-state index in [0.717, 1.165) is 40.4 Å². The number of rotatable bonds is 3. The molecule has 0 aliphatic carbocycles. The molecule has 1 aliphatic rings. The van der Waals surface area contributed by atoms with Gasteiger partial charge < -0.3 is 10.2 Å². The van der Waals surface area contributed by atoms with Crippen LogP contribution in [-0.2, 0) is 4.79 Å². The van der Waals surface area contributed by atoms with Gasteiger partial charge in [-0.1, -0.05) is 0 Å². The predicted octanol–water partition coefficient (Wildman–Crippen LogP) is 3.56. The molecule has 0 atom stereocenters. The molecule has 0 unspecified atom stereocenters. The highest BCUT2D eigenvalue weighted by Crippen LogP contribution is 2.28. The van der Waals surface area contributed by atoms with Crippen LogP contribution in [0.4, 0.5) is 17.2 Å². The zero-order valence-electron chi connectivity index (χ0n) is 11.8. The molecule has 5 nitrogen and oxygen atoms in total. The second kappa shape index (κ2) is 5.38. The Bertz CT molecular complexity index is 828. The van der Waals surface area contributed by atoms with Crippen molar-refractivity contribution < 1.29 is 4.79 Å². The molecule has 1 aromatic carbocycles. The Morgan fingerprint density at radius 1 is 1.14 bits per heavy atom. The fourth-order valence-electron chi connectivity index (χ4n) is 2.67. The highest BCUT2D eigenvalue weighted by atomic mass is 32.1. The van der Waals surface area contributed by atoms with Crippen molar-refractivity contribution in [2.24, 2.45) is 0 Å². The van der Waals surface area contributed by atoms with Crippen LogP contribution in [0.15, 0.2) is 42.0 Å². The van der Waals surface area contributed by atoms with E-state index in [-0.39, 0.29) is 5.91 Å². The van der Waals surface area contributed by atoms with Crippen LogP contribution in [0.1, 0.15) is 12.8 Å². The van der Waals surface area contributed by atoms with Gasteiger partial charge in [0, 0.05) is 24.3 Å². The highest BCUT2D eigenvalue weighted by molar-refractivity contribution is 7.16. The van der Waals surface area contributed by atoms with Crippen LogP contribution in [0.5, 0.6) is 0 Å². The molecule has 0 radical (unpaired) electrons. The fourth-order valence-corrected chi connectivity index (χ4v) is 3.40. The van der Waals surface area contributed by atoms with Crippen molar-refractivity contribution in [3.63, 3.8) is 0 Å². The lowest BCUT2D eigenvalue weighted by molar-refractivity contribution is -0.117. The molecule has 2 aromatic heterocycles. The Balaban J connectivity index is 1.59. The predicted molar refractivity (Wildman–Crippen MR) is 88.7 cm³/mol. The molecule has 4 rings (SSSR count). The van der Waals surface area contributed by atoms with Crippen LogP contribution in [0, 0.1) is 0 Å². The maximum atomic E-state index is 11.8. The van der Waals surface area contributed by atoms with Gasteiger partial charge in [-0.05, 0) is 42.1 Å². The second-order valence-corrected chi connectivity index (χ2v) is 6.08. The van der Waals surface area contributed by atoms with E-state index >= 15 is 0 Å². The summed E-state index contributed by atoms with van der Waals surface area (Å²) in [5.41, 5.74) is 1.90. The van der Waals surface area contributed by atoms with Crippen LogP contribution < -0.4 is 10.2 Å². The van der Waals surface area contributed by atoms with Crippen molar-refractivity contribution in [2.45, 2.75) is 12.8 Å². The van der Waals surface area contributed by atoms with E-state index in [9.17, 15) is 4.79 Å². The van der Waals surface area contributed by atoms with Gasteiger partial charge in [0.15, 0.2) is 0 Å². The molecule has 3 heterocycles. The summed E-state index contributed by atoms with van der Waals surface area (Å²) in [6.07, 6.45) is 3.16. The smallest absolute Gasteiger partial charge is 0.227 e. The largest absolute Gasteiger partial charge is 0.340 e. The standard InChI is InChI=1S/C16H14N4OS/c21-14-2-1-8-20(14)12-5-3-11(4-6-12)19-15-13-7-9-22-16(13)18-10-17-15/h3-7,9-10H,1-2,8H2,(H,17,18,19). The molecule has 1 amide bonds. The minimum Gasteiger partial charge on any atom is -0.340 e. The van der Waals surface area contributed by atoms with Crippen LogP contribution in [0.3, 0.4) is 0 Å². The lowest BCUT2D eigenvalue weighted by atomic mass is 10.2. The van der Waals surface area contributed by atoms with E-state index in [2.05, 4.69) is 15.3 Å². The van der Waals surface area contributed by atoms with Gasteiger partial charge in [0.2, 0.25) is 5.91 Å². The Morgan fingerprint density at radius 2 is 2.00 bits per heavy atom. The number of aromatic nitrogens is 2. The quantitative estimate of drug-likeness (QED) is 0.803. The number of carbonyl (C=O) groups is 1. The monoisotopic (exact) mass is 310 g/mol. The summed E-state index contributed by atoms with van der Waals surface area (Å²) in [5.74, 6) is 1.01. The maximum Gasteiger partial charge on any atom is 0.227 e. The normalized spacial score (nSPS) is 14.7. The highest BCUT2D eigenvalue weighted by Gasteiger charge is 2.21. The first-order valence-electron chi connectivity index (χ1n) is 7.17. The Labute approximate surface area is 131 Å². The second-order valence-electron chi connectivity index (χ2n) is 5.18. The third-order valence-electron chi connectivity index (χ3n) is 3.78. The summed E-state index contributed by atoms with van der Waals surface area (Å²) in [5, 5.41) is 6.34. The Kier molecular flexibility index (Phi) is 3.23. The molecule has 0 spiro atoms. The van der Waals surface area contributed by atoms with Crippen molar-refractivity contribution in [1.29, 1.82) is 0 Å². The summed E-state index contributed by atoms with van der Waals surface area (Å²) in [4.78, 5) is 23.1. The molecule has 22 heavy (non-hydrogen) atoms. The lowest BCUT2D eigenvalue weighted by Gasteiger charge is -2.16. The first kappa shape index (κ1) is 13.2. The van der Waals surface area contributed by atoms with E-state index in [1.807, 2.05) is 40.6 Å². The van der Waals surface area contributed by atoms with E-state index in [0.29, 0.717) is 6.42 Å². The first-order chi connectivity index (χ1) is 10.8. The van der Waals surface area contributed by atoms with Gasteiger partial charge in [0.1, 0.15) is 17.0 Å². The number of nitrogens with one attached hydrogen (secondary N) is 1. The summed E-state index contributed by atoms with van der Waals surface area (Å²) in [6, 6.07) is 9.90. The molecule has 1 saturated heterocycles. The van der Waals surface area contributed by atoms with Crippen molar-refractivity contribution in [3.8, 4) is 0 Å². The van der Waals surface area contributed by atoms with Gasteiger partial charge in [-0.2, -0.15) is 0 Å². The topological polar surface area (TPSA) is 58.1 Å². The van der Waals surface area contributed by atoms with Crippen LogP contribution in [-0.4, -0.2) is 22.4 Å². The van der Waals surface area contributed by atoms with Crippen LogP contribution in [0.2, 0.25) is 0 Å². The molecule has 110 valence electrons. The third-order valence-corrected chi connectivity index (χ3v) is 4.60. The molecule has 0 bridgehead atoms. The average molecular weight is 310 g/mol. The summed E-state index contributed by atoms with van der Waals surface area (Å²) < 4.78 is 0. The van der Waals surface area contributed by atoms with Crippen LogP contribution in [0.25, 0.3) is 10.2 Å². The van der Waals surface area contributed by atoms with Gasteiger partial charge >= 0.3 is 0 Å². The number of benzene rings is 1. The van der Waals surface area contributed by atoms with Gasteiger partial charge in [-0.3, -0.25) is 4.79 Å². The number of fused-ring (bicyclic) bond motifs is 1. The molecule has 1 N–H and O–H groups in total. The number of carbonyl (C=O) groups excluding carboxylic acids is 1. The van der Waals surface area contributed by atoms with E-state index in [4.69, 9.17) is 0 Å². The number of nitrogens with zero attached hydrogens (tertiary/aromatic N) is 3. The van der Waals surface area contributed by atoms with Gasteiger partial charge in [0.25, 0.3) is 0 Å². The van der Waals surface area contributed by atoms with Gasteiger partial charge in [-0.25, -0.2) is 9.97 Å². The summed E-state index contributed by atoms with van der Waals surface area (Å²) in [6.45, 7) is 0.813. The minimum atomic E-state index is 0.205. The van der Waals surface area contributed by atoms with Crippen molar-refractivity contribution in [1.82, 2.24) is 9.97 Å². The van der Waals surface area contributed by atoms with Crippen LogP contribution >= 0.6 is 11.3 Å². The maximum absolute atomic E-state index is 11.8. The molecule has 1 aliphatic heterocycles. The number of hydrogen-bond acceptors (Lipinski definition) is 5. The number of anilines is 3. The molecule has 1 fully saturated rings. The van der Waals surface area contributed by atoms with E-state index in [1.54, 1.807) is 17.7 Å². The van der Waals surface area contributed by atoms with Crippen molar-refractivity contribution >= 4 is 44.7 Å². The Morgan fingerprint density at radius 3 is 2.77 bits per heavy atom. The Hall–Kier alpha value is -2.47. The van der Waals surface area contributed by atoms with Crippen molar-refractivity contribution in [2.75, 3.05) is 16.8 Å². The number of amides is 1. The molecule has 3 aromatic rings. The fraction of sp³-hybridized carbons (Fsp3) is 0.188. The molecular formula is C16H14N4OS. The van der Waals surface area contributed by atoms with Crippen molar-refractivity contribution in [3.05, 3.63) is 42.0 Å². The van der Waals surface area contributed by atoms with E-state index in [1.165, 1.54) is 0 Å². The zero-order valence-corrected chi connectivity index (χ0v) is 12.6. The van der Waals surface area contributed by atoms with Gasteiger partial charge in [-0.15, -0.1) is 11.3 Å². The van der Waals surface area contributed by atoms with E-state index < -0.39 is 0 Å². The third kappa shape index (κ3) is 2.31. The van der Waals surface area contributed by atoms with Gasteiger partial charge in [0.05, 0.1) is 5.39 Å². The number of hydrogen-bond donors (Lipinski definition) is 1. The minimum absolute atomic E-state index is 0.205. The first-order valence-corrected chi connectivity index (χ1v) is 8.05. The SMILES string of the molecule is O=C1CCCN1c1ccc(Nc2ncnc3sccc23)cc1. The zero-order chi connectivity index (χ0) is 14.9.